The Bertz CT molecular complexity index is 466. The smallest absolute Gasteiger partial charge is 0.332 e. The second-order valence-electron chi connectivity index (χ2n) is 3.47. The average Bonchev–Trinajstić information content (AvgIpc) is 2.30. The topological polar surface area (TPSA) is 75.6 Å². The molecule has 0 heterocycles. The van der Waals surface area contributed by atoms with E-state index in [4.69, 9.17) is 21.4 Å². The number of rotatable bonds is 5. The molecule has 1 amide bonds. The average molecular weight is 276 g/mol. The maximum absolute atomic E-state index is 12.8. The summed E-state index contributed by atoms with van der Waals surface area (Å²) < 4.78 is 17.6. The molecule has 0 bridgehead atoms. The Hall–Kier alpha value is -1.66. The van der Waals surface area contributed by atoms with Crippen LogP contribution in [0.3, 0.4) is 0 Å². The zero-order valence-corrected chi connectivity index (χ0v) is 10.2. The van der Waals surface area contributed by atoms with E-state index in [2.05, 4.69) is 5.32 Å². The molecular formula is C11H11ClFNO4. The minimum Gasteiger partial charge on any atom is -0.479 e. The van der Waals surface area contributed by atoms with Crippen LogP contribution in [0.1, 0.15) is 6.92 Å². The number of hydrogen-bond donors (Lipinski definition) is 2. The molecule has 0 aliphatic heterocycles. The van der Waals surface area contributed by atoms with E-state index in [9.17, 15) is 14.0 Å². The zero-order chi connectivity index (χ0) is 13.7. The van der Waals surface area contributed by atoms with E-state index in [-0.39, 0.29) is 5.02 Å². The first-order valence-corrected chi connectivity index (χ1v) is 5.37. The largest absolute Gasteiger partial charge is 0.479 e. The number of aliphatic carboxylic acids is 1. The van der Waals surface area contributed by atoms with Gasteiger partial charge < -0.3 is 15.2 Å². The van der Waals surface area contributed by atoms with Gasteiger partial charge in [-0.3, -0.25) is 4.79 Å². The van der Waals surface area contributed by atoms with Gasteiger partial charge in [-0.05, 0) is 25.1 Å². The second-order valence-corrected chi connectivity index (χ2v) is 3.88. The summed E-state index contributed by atoms with van der Waals surface area (Å²) in [5, 5.41) is 10.8. The van der Waals surface area contributed by atoms with Crippen molar-refractivity contribution in [2.24, 2.45) is 0 Å². The van der Waals surface area contributed by atoms with Crippen molar-refractivity contribution in [2.45, 2.75) is 13.0 Å². The standard InChI is InChI=1S/C11H11ClFNO4/c1-6(11(16)17)18-5-10(15)14-7-2-3-9(13)8(12)4-7/h2-4,6H,5H2,1H3,(H,14,15)(H,16,17)/t6-/m1/s1. The number of nitrogens with one attached hydrogen (secondary N) is 1. The molecule has 0 radical (unpaired) electrons. The number of carboxylic acids is 1. The highest BCUT2D eigenvalue weighted by Crippen LogP contribution is 2.19. The Morgan fingerprint density at radius 1 is 1.56 bits per heavy atom. The highest BCUT2D eigenvalue weighted by atomic mass is 35.5. The van der Waals surface area contributed by atoms with Crippen LogP contribution in [0.5, 0.6) is 0 Å². The maximum atomic E-state index is 12.8. The first kappa shape index (κ1) is 14.4. The molecule has 1 aromatic rings. The van der Waals surface area contributed by atoms with Gasteiger partial charge in [0.05, 0.1) is 5.02 Å². The van der Waals surface area contributed by atoms with Crippen molar-refractivity contribution >= 4 is 29.2 Å². The zero-order valence-electron chi connectivity index (χ0n) is 9.44. The van der Waals surface area contributed by atoms with Gasteiger partial charge in [0.25, 0.3) is 0 Å². The van der Waals surface area contributed by atoms with Crippen molar-refractivity contribution in [1.82, 2.24) is 0 Å². The van der Waals surface area contributed by atoms with E-state index >= 15 is 0 Å². The van der Waals surface area contributed by atoms with Crippen molar-refractivity contribution < 1.29 is 23.8 Å². The fourth-order valence-electron chi connectivity index (χ4n) is 1.04. The van der Waals surface area contributed by atoms with E-state index in [0.717, 1.165) is 6.07 Å². The minimum atomic E-state index is -1.16. The van der Waals surface area contributed by atoms with Crippen molar-refractivity contribution in [3.05, 3.63) is 29.0 Å². The van der Waals surface area contributed by atoms with Gasteiger partial charge in [-0.1, -0.05) is 11.6 Å². The lowest BCUT2D eigenvalue weighted by Crippen LogP contribution is -2.26. The highest BCUT2D eigenvalue weighted by molar-refractivity contribution is 6.31. The Labute approximate surface area is 108 Å². The number of anilines is 1. The molecule has 7 heteroatoms. The van der Waals surface area contributed by atoms with Crippen LogP contribution in [0.15, 0.2) is 18.2 Å². The molecule has 0 aliphatic rings. The second kappa shape index (κ2) is 6.32. The summed E-state index contributed by atoms with van der Waals surface area (Å²) in [6.45, 7) is 0.896. The molecule has 5 nitrogen and oxygen atoms in total. The van der Waals surface area contributed by atoms with Gasteiger partial charge in [0.15, 0.2) is 6.10 Å². The lowest BCUT2D eigenvalue weighted by molar-refractivity contribution is -0.150. The van der Waals surface area contributed by atoms with Crippen molar-refractivity contribution in [1.29, 1.82) is 0 Å². The minimum absolute atomic E-state index is 0.118. The van der Waals surface area contributed by atoms with Crippen LogP contribution in [0, 0.1) is 5.82 Å². The van der Waals surface area contributed by atoms with Gasteiger partial charge in [-0.15, -0.1) is 0 Å². The number of benzene rings is 1. The van der Waals surface area contributed by atoms with Crippen LogP contribution < -0.4 is 5.32 Å². The van der Waals surface area contributed by atoms with Crippen LogP contribution in [0.4, 0.5) is 10.1 Å². The van der Waals surface area contributed by atoms with Gasteiger partial charge in [0.1, 0.15) is 12.4 Å². The lowest BCUT2D eigenvalue weighted by Gasteiger charge is -2.09. The molecule has 0 unspecified atom stereocenters. The summed E-state index contributed by atoms with van der Waals surface area (Å²) in [6, 6.07) is 3.69. The van der Waals surface area contributed by atoms with E-state index in [0.29, 0.717) is 5.69 Å². The Balaban J connectivity index is 2.49. The molecule has 0 spiro atoms. The Morgan fingerprint density at radius 3 is 2.78 bits per heavy atom. The van der Waals surface area contributed by atoms with Crippen molar-refractivity contribution in [3.8, 4) is 0 Å². The number of hydrogen-bond acceptors (Lipinski definition) is 3. The first-order chi connectivity index (χ1) is 8.40. The molecule has 1 atom stereocenters. The summed E-state index contributed by atoms with van der Waals surface area (Å²) >= 11 is 5.53. The van der Waals surface area contributed by atoms with Gasteiger partial charge in [-0.25, -0.2) is 9.18 Å². The Kier molecular flexibility index (Phi) is 5.06. The SMILES string of the molecule is C[C@@H](OCC(=O)Nc1ccc(F)c(Cl)c1)C(=O)O. The molecule has 0 saturated carbocycles. The molecule has 2 N–H and O–H groups in total. The lowest BCUT2D eigenvalue weighted by atomic mass is 10.3. The van der Waals surface area contributed by atoms with Crippen LogP contribution >= 0.6 is 11.6 Å². The summed E-state index contributed by atoms with van der Waals surface area (Å²) in [7, 11) is 0. The quantitative estimate of drug-likeness (QED) is 0.861. The number of ether oxygens (including phenoxy) is 1. The highest BCUT2D eigenvalue weighted by Gasteiger charge is 2.13. The van der Waals surface area contributed by atoms with Crippen LogP contribution in [-0.2, 0) is 14.3 Å². The summed E-state index contributed by atoms with van der Waals surface area (Å²) in [6.07, 6.45) is -1.08. The normalized spacial score (nSPS) is 11.9. The molecule has 0 aliphatic carbocycles. The van der Waals surface area contributed by atoms with Gasteiger partial charge in [-0.2, -0.15) is 0 Å². The third kappa shape index (κ3) is 4.31. The predicted molar refractivity (Wildman–Crippen MR) is 63.1 cm³/mol. The fourth-order valence-corrected chi connectivity index (χ4v) is 1.22. The fraction of sp³-hybridized carbons (Fsp3) is 0.273. The monoisotopic (exact) mass is 275 g/mol. The molecule has 0 saturated heterocycles. The molecule has 0 aromatic heterocycles. The van der Waals surface area contributed by atoms with E-state index < -0.39 is 30.4 Å². The van der Waals surface area contributed by atoms with Gasteiger partial charge in [0.2, 0.25) is 5.91 Å². The summed E-state index contributed by atoms with van der Waals surface area (Å²) in [5.74, 6) is -2.30. The Morgan fingerprint density at radius 2 is 2.22 bits per heavy atom. The maximum Gasteiger partial charge on any atom is 0.332 e. The molecule has 1 aromatic carbocycles. The molecule has 0 fully saturated rings. The number of amides is 1. The molecular weight excluding hydrogens is 265 g/mol. The first-order valence-electron chi connectivity index (χ1n) is 4.99. The van der Waals surface area contributed by atoms with Crippen LogP contribution in [0.25, 0.3) is 0 Å². The van der Waals surface area contributed by atoms with Crippen LogP contribution in [-0.4, -0.2) is 29.7 Å². The molecule has 18 heavy (non-hydrogen) atoms. The summed E-state index contributed by atoms with van der Waals surface area (Å²) in [4.78, 5) is 21.8. The van der Waals surface area contributed by atoms with Gasteiger partial charge >= 0.3 is 5.97 Å². The van der Waals surface area contributed by atoms with Crippen LogP contribution in [0.2, 0.25) is 5.02 Å². The van der Waals surface area contributed by atoms with Crippen molar-refractivity contribution in [2.75, 3.05) is 11.9 Å². The third-order valence-electron chi connectivity index (χ3n) is 2.02. The van der Waals surface area contributed by atoms with E-state index in [1.807, 2.05) is 0 Å². The van der Waals surface area contributed by atoms with E-state index in [1.165, 1.54) is 19.1 Å². The number of carboxylic acid groups (broad SMARTS) is 1. The predicted octanol–water partition coefficient (Wildman–Crippen LogP) is 1.91. The molecule has 1 rings (SSSR count). The molecule has 98 valence electrons. The third-order valence-corrected chi connectivity index (χ3v) is 2.31. The number of carbonyl (C=O) groups is 2. The summed E-state index contributed by atoms with van der Waals surface area (Å²) in [5.41, 5.74) is 0.304. The number of carbonyl (C=O) groups excluding carboxylic acids is 1. The van der Waals surface area contributed by atoms with Gasteiger partial charge in [0, 0.05) is 5.69 Å². The number of halogens is 2. The van der Waals surface area contributed by atoms with Crippen molar-refractivity contribution in [3.63, 3.8) is 0 Å². The van der Waals surface area contributed by atoms with E-state index in [1.54, 1.807) is 0 Å².